The Labute approximate surface area is 90.9 Å². The second kappa shape index (κ2) is 5.86. The Balaban J connectivity index is 2.54. The van der Waals surface area contributed by atoms with Crippen LogP contribution in [0.5, 0.6) is 0 Å². The van der Waals surface area contributed by atoms with Gasteiger partial charge in [-0.05, 0) is 36.5 Å². The van der Waals surface area contributed by atoms with Gasteiger partial charge in [0, 0.05) is 0 Å². The molecule has 2 heteroatoms. The fourth-order valence-electron chi connectivity index (χ4n) is 1.75. The normalized spacial score (nSPS) is 14.9. The van der Waals surface area contributed by atoms with Crippen LogP contribution in [0.4, 0.5) is 4.39 Å². The molecule has 1 N–H and O–H groups in total. The SMILES string of the molecule is CCCC(O)C(C)Cc1cccc(F)c1. The lowest BCUT2D eigenvalue weighted by atomic mass is 9.93. The quantitative estimate of drug-likeness (QED) is 0.791. The van der Waals surface area contributed by atoms with E-state index in [0.717, 1.165) is 24.8 Å². The summed E-state index contributed by atoms with van der Waals surface area (Å²) in [6.07, 6.45) is 2.25. The van der Waals surface area contributed by atoms with Crippen LogP contribution in [0.2, 0.25) is 0 Å². The van der Waals surface area contributed by atoms with Gasteiger partial charge in [-0.2, -0.15) is 0 Å². The summed E-state index contributed by atoms with van der Waals surface area (Å²) < 4.78 is 12.9. The Kier molecular flexibility index (Phi) is 4.76. The molecule has 0 fully saturated rings. The fraction of sp³-hybridized carbons (Fsp3) is 0.538. The first kappa shape index (κ1) is 12.2. The second-order valence-corrected chi connectivity index (χ2v) is 4.17. The van der Waals surface area contributed by atoms with Gasteiger partial charge in [-0.3, -0.25) is 0 Å². The predicted molar refractivity (Wildman–Crippen MR) is 60.2 cm³/mol. The van der Waals surface area contributed by atoms with Crippen LogP contribution in [0.1, 0.15) is 32.3 Å². The van der Waals surface area contributed by atoms with E-state index in [-0.39, 0.29) is 17.8 Å². The lowest BCUT2D eigenvalue weighted by Gasteiger charge is -2.18. The van der Waals surface area contributed by atoms with Gasteiger partial charge < -0.3 is 5.11 Å². The average Bonchev–Trinajstić information content (AvgIpc) is 2.18. The minimum absolute atomic E-state index is 0.187. The van der Waals surface area contributed by atoms with Crippen LogP contribution >= 0.6 is 0 Å². The average molecular weight is 210 g/mol. The number of aliphatic hydroxyl groups excluding tert-OH is 1. The van der Waals surface area contributed by atoms with E-state index in [1.807, 2.05) is 13.0 Å². The third kappa shape index (κ3) is 4.00. The zero-order chi connectivity index (χ0) is 11.3. The van der Waals surface area contributed by atoms with Crippen molar-refractivity contribution < 1.29 is 9.50 Å². The minimum Gasteiger partial charge on any atom is -0.393 e. The molecule has 0 saturated carbocycles. The van der Waals surface area contributed by atoms with Gasteiger partial charge in [0.15, 0.2) is 0 Å². The molecule has 0 spiro atoms. The zero-order valence-electron chi connectivity index (χ0n) is 9.41. The van der Waals surface area contributed by atoms with Gasteiger partial charge in [-0.1, -0.05) is 32.4 Å². The van der Waals surface area contributed by atoms with Gasteiger partial charge in [-0.15, -0.1) is 0 Å². The molecule has 2 atom stereocenters. The maximum absolute atomic E-state index is 12.9. The molecule has 1 aromatic carbocycles. The smallest absolute Gasteiger partial charge is 0.123 e. The number of rotatable bonds is 5. The molecule has 15 heavy (non-hydrogen) atoms. The van der Waals surface area contributed by atoms with E-state index in [9.17, 15) is 9.50 Å². The molecule has 0 radical (unpaired) electrons. The molecule has 0 amide bonds. The van der Waals surface area contributed by atoms with Crippen LogP contribution in [0, 0.1) is 11.7 Å². The molecule has 0 aromatic heterocycles. The summed E-state index contributed by atoms with van der Waals surface area (Å²) in [5.74, 6) is -0.0172. The van der Waals surface area contributed by atoms with Crippen molar-refractivity contribution in [1.29, 1.82) is 0 Å². The van der Waals surface area contributed by atoms with Crippen molar-refractivity contribution in [3.05, 3.63) is 35.6 Å². The van der Waals surface area contributed by atoms with E-state index in [0.29, 0.717) is 0 Å². The molecule has 0 saturated heterocycles. The number of hydrogen-bond acceptors (Lipinski definition) is 1. The molecule has 2 unspecified atom stereocenters. The van der Waals surface area contributed by atoms with Gasteiger partial charge >= 0.3 is 0 Å². The van der Waals surface area contributed by atoms with Crippen molar-refractivity contribution in [2.24, 2.45) is 5.92 Å². The number of benzene rings is 1. The van der Waals surface area contributed by atoms with Crippen molar-refractivity contribution in [2.75, 3.05) is 0 Å². The predicted octanol–water partition coefficient (Wildman–Crippen LogP) is 3.17. The van der Waals surface area contributed by atoms with Gasteiger partial charge in [0.2, 0.25) is 0 Å². The molecular formula is C13H19FO. The highest BCUT2D eigenvalue weighted by molar-refractivity contribution is 5.16. The monoisotopic (exact) mass is 210 g/mol. The largest absolute Gasteiger partial charge is 0.393 e. The molecule has 0 heterocycles. The molecule has 0 aliphatic rings. The lowest BCUT2D eigenvalue weighted by molar-refractivity contribution is 0.107. The second-order valence-electron chi connectivity index (χ2n) is 4.17. The summed E-state index contributed by atoms with van der Waals surface area (Å²) in [7, 11) is 0. The lowest BCUT2D eigenvalue weighted by Crippen LogP contribution is -2.19. The summed E-state index contributed by atoms with van der Waals surface area (Å²) in [6, 6.07) is 6.59. The van der Waals surface area contributed by atoms with E-state index < -0.39 is 0 Å². The Morgan fingerprint density at radius 2 is 2.13 bits per heavy atom. The third-order valence-corrected chi connectivity index (χ3v) is 2.69. The number of aliphatic hydroxyl groups is 1. The molecule has 84 valence electrons. The van der Waals surface area contributed by atoms with Crippen molar-refractivity contribution in [3.8, 4) is 0 Å². The molecule has 0 aliphatic heterocycles. The summed E-state index contributed by atoms with van der Waals surface area (Å²) in [6.45, 7) is 4.06. The molecule has 0 bridgehead atoms. The maximum atomic E-state index is 12.9. The van der Waals surface area contributed by atoms with E-state index in [4.69, 9.17) is 0 Å². The van der Waals surface area contributed by atoms with E-state index in [1.54, 1.807) is 6.07 Å². The summed E-state index contributed by atoms with van der Waals surface area (Å²) in [5.41, 5.74) is 0.956. The number of hydrogen-bond donors (Lipinski definition) is 1. The van der Waals surface area contributed by atoms with Crippen molar-refractivity contribution >= 4 is 0 Å². The van der Waals surface area contributed by atoms with Crippen LogP contribution in [0.15, 0.2) is 24.3 Å². The van der Waals surface area contributed by atoms with Gasteiger partial charge in [0.25, 0.3) is 0 Å². The Hall–Kier alpha value is -0.890. The van der Waals surface area contributed by atoms with Crippen LogP contribution in [0.25, 0.3) is 0 Å². The highest BCUT2D eigenvalue weighted by atomic mass is 19.1. The Morgan fingerprint density at radius 3 is 2.73 bits per heavy atom. The van der Waals surface area contributed by atoms with Crippen LogP contribution < -0.4 is 0 Å². The molecule has 1 nitrogen and oxygen atoms in total. The number of halogens is 1. The van der Waals surface area contributed by atoms with Gasteiger partial charge in [0.05, 0.1) is 6.10 Å². The van der Waals surface area contributed by atoms with Crippen LogP contribution in [-0.2, 0) is 6.42 Å². The van der Waals surface area contributed by atoms with E-state index in [2.05, 4.69) is 6.92 Å². The Bertz CT molecular complexity index is 298. The summed E-state index contributed by atoms with van der Waals surface area (Å²) >= 11 is 0. The summed E-state index contributed by atoms with van der Waals surface area (Å²) in [4.78, 5) is 0. The fourth-order valence-corrected chi connectivity index (χ4v) is 1.75. The highest BCUT2D eigenvalue weighted by Gasteiger charge is 2.13. The topological polar surface area (TPSA) is 20.2 Å². The van der Waals surface area contributed by atoms with Crippen molar-refractivity contribution in [1.82, 2.24) is 0 Å². The van der Waals surface area contributed by atoms with Crippen LogP contribution in [0.3, 0.4) is 0 Å². The zero-order valence-corrected chi connectivity index (χ0v) is 9.41. The first-order chi connectivity index (χ1) is 7.13. The van der Waals surface area contributed by atoms with Gasteiger partial charge in [-0.25, -0.2) is 4.39 Å². The summed E-state index contributed by atoms with van der Waals surface area (Å²) in [5, 5.41) is 9.75. The Morgan fingerprint density at radius 1 is 1.40 bits per heavy atom. The van der Waals surface area contributed by atoms with E-state index in [1.165, 1.54) is 12.1 Å². The first-order valence-electron chi connectivity index (χ1n) is 5.56. The molecule has 1 rings (SSSR count). The standard InChI is InChI=1S/C13H19FO/c1-3-5-13(15)10(2)8-11-6-4-7-12(14)9-11/h4,6-7,9-10,13,15H,3,5,8H2,1-2H3. The molecule has 1 aromatic rings. The van der Waals surface area contributed by atoms with Gasteiger partial charge in [0.1, 0.15) is 5.82 Å². The van der Waals surface area contributed by atoms with Crippen LogP contribution in [-0.4, -0.2) is 11.2 Å². The van der Waals surface area contributed by atoms with E-state index >= 15 is 0 Å². The molecule has 0 aliphatic carbocycles. The highest BCUT2D eigenvalue weighted by Crippen LogP contribution is 2.16. The minimum atomic E-state index is -0.279. The third-order valence-electron chi connectivity index (χ3n) is 2.69. The van der Waals surface area contributed by atoms with Crippen molar-refractivity contribution in [3.63, 3.8) is 0 Å². The van der Waals surface area contributed by atoms with Crippen molar-refractivity contribution in [2.45, 2.75) is 39.2 Å². The maximum Gasteiger partial charge on any atom is 0.123 e. The molecular weight excluding hydrogens is 191 g/mol. The first-order valence-corrected chi connectivity index (χ1v) is 5.56.